The highest BCUT2D eigenvalue weighted by Gasteiger charge is 2.57. The fourth-order valence-corrected chi connectivity index (χ4v) is 7.43. The summed E-state index contributed by atoms with van der Waals surface area (Å²) in [7, 11) is 1.92. The van der Waals surface area contributed by atoms with Crippen LogP contribution in [0.2, 0.25) is 0 Å². The molecule has 0 heterocycles. The first-order chi connectivity index (χ1) is 10.1. The van der Waals surface area contributed by atoms with Crippen LogP contribution in [-0.2, 0) is 4.74 Å². The second-order valence-electron chi connectivity index (χ2n) is 9.37. The molecule has 0 aromatic heterocycles. The van der Waals surface area contributed by atoms with Crippen LogP contribution in [0.1, 0.15) is 78.1 Å². The lowest BCUT2D eigenvalue weighted by atomic mass is 9.45. The largest absolute Gasteiger partial charge is 0.381 e. The maximum atomic E-state index is 5.71. The van der Waals surface area contributed by atoms with Gasteiger partial charge < -0.3 is 4.74 Å². The van der Waals surface area contributed by atoms with E-state index < -0.39 is 0 Å². The van der Waals surface area contributed by atoms with Gasteiger partial charge in [0.1, 0.15) is 0 Å². The zero-order valence-electron chi connectivity index (χ0n) is 14.4. The molecule has 4 aliphatic carbocycles. The maximum Gasteiger partial charge on any atom is 0.0574 e. The van der Waals surface area contributed by atoms with Gasteiger partial charge in [-0.05, 0) is 92.3 Å². The number of ether oxygens (including phenoxy) is 1. The molecule has 0 aromatic carbocycles. The quantitative estimate of drug-likeness (QED) is 0.625. The highest BCUT2D eigenvalue weighted by molar-refractivity contribution is 5.07. The Morgan fingerprint density at radius 3 is 2.52 bits per heavy atom. The summed E-state index contributed by atoms with van der Waals surface area (Å²) in [5.74, 6) is 4.11. The molecule has 1 nitrogen and oxygen atoms in total. The smallest absolute Gasteiger partial charge is 0.0574 e. The third kappa shape index (κ3) is 2.06. The van der Waals surface area contributed by atoms with Crippen molar-refractivity contribution in [3.63, 3.8) is 0 Å². The number of fused-ring (bicyclic) bond motifs is 5. The summed E-state index contributed by atoms with van der Waals surface area (Å²) in [4.78, 5) is 0. The molecular weight excluding hydrogens is 256 g/mol. The summed E-state index contributed by atoms with van der Waals surface area (Å²) in [6, 6.07) is 0. The average molecular weight is 290 g/mol. The summed E-state index contributed by atoms with van der Waals surface area (Å²) in [5.41, 5.74) is 1.36. The molecule has 4 aliphatic rings. The van der Waals surface area contributed by atoms with Gasteiger partial charge in [0, 0.05) is 7.11 Å². The number of rotatable bonds is 1. The van der Waals surface area contributed by atoms with Gasteiger partial charge in [-0.25, -0.2) is 0 Å². The molecule has 1 heteroatoms. The van der Waals surface area contributed by atoms with Crippen molar-refractivity contribution in [3.05, 3.63) is 0 Å². The van der Waals surface area contributed by atoms with Crippen molar-refractivity contribution in [1.82, 2.24) is 0 Å². The van der Waals surface area contributed by atoms with Crippen LogP contribution in [-0.4, -0.2) is 13.2 Å². The number of hydrogen-bond acceptors (Lipinski definition) is 1. The van der Waals surface area contributed by atoms with Gasteiger partial charge in [-0.15, -0.1) is 0 Å². The molecule has 0 aromatic rings. The van der Waals surface area contributed by atoms with Crippen molar-refractivity contribution in [3.8, 4) is 0 Å². The van der Waals surface area contributed by atoms with Crippen molar-refractivity contribution in [1.29, 1.82) is 0 Å². The van der Waals surface area contributed by atoms with E-state index >= 15 is 0 Å². The Bertz CT molecular complexity index is 405. The van der Waals surface area contributed by atoms with E-state index in [2.05, 4.69) is 13.8 Å². The predicted octanol–water partition coefficient (Wildman–Crippen LogP) is 5.43. The van der Waals surface area contributed by atoms with Gasteiger partial charge >= 0.3 is 0 Å². The summed E-state index contributed by atoms with van der Waals surface area (Å²) < 4.78 is 5.71. The molecule has 0 spiro atoms. The second-order valence-corrected chi connectivity index (χ2v) is 9.37. The molecule has 4 saturated carbocycles. The van der Waals surface area contributed by atoms with E-state index in [0.29, 0.717) is 16.9 Å². The predicted molar refractivity (Wildman–Crippen MR) is 87.1 cm³/mol. The van der Waals surface area contributed by atoms with Gasteiger partial charge in [0.25, 0.3) is 0 Å². The van der Waals surface area contributed by atoms with Crippen molar-refractivity contribution in [2.45, 2.75) is 84.2 Å². The minimum atomic E-state index is 0.556. The molecule has 6 unspecified atom stereocenters. The summed E-state index contributed by atoms with van der Waals surface area (Å²) in [6.07, 6.45) is 15.3. The maximum absolute atomic E-state index is 5.71. The Morgan fingerprint density at radius 1 is 0.857 bits per heavy atom. The Kier molecular flexibility index (Phi) is 3.45. The van der Waals surface area contributed by atoms with Gasteiger partial charge in [-0.1, -0.05) is 20.3 Å². The van der Waals surface area contributed by atoms with Crippen LogP contribution >= 0.6 is 0 Å². The minimum absolute atomic E-state index is 0.556. The van der Waals surface area contributed by atoms with Gasteiger partial charge in [-0.2, -0.15) is 0 Å². The lowest BCUT2D eigenvalue weighted by Crippen LogP contribution is -2.53. The van der Waals surface area contributed by atoms with Crippen LogP contribution in [0, 0.1) is 34.5 Å². The average Bonchev–Trinajstić information content (AvgIpc) is 2.88. The van der Waals surface area contributed by atoms with Crippen LogP contribution in [0.4, 0.5) is 0 Å². The van der Waals surface area contributed by atoms with Crippen molar-refractivity contribution in [2.75, 3.05) is 7.11 Å². The van der Waals surface area contributed by atoms with E-state index in [1.165, 1.54) is 57.8 Å². The number of hydrogen-bond donors (Lipinski definition) is 0. The molecule has 0 saturated heterocycles. The zero-order chi connectivity index (χ0) is 14.7. The Balaban J connectivity index is 1.59. The molecule has 120 valence electrons. The normalized spacial score (nSPS) is 56.4. The van der Waals surface area contributed by atoms with Crippen LogP contribution < -0.4 is 0 Å². The standard InChI is InChI=1S/C20H34O/c1-19-10-4-5-17(19)16-7-6-14-13-15(21-3)8-12-20(14,2)18(16)9-11-19/h14-18H,4-13H2,1-3H3/t14-,15?,16?,17?,18?,19?,20?/m0/s1. The van der Waals surface area contributed by atoms with Gasteiger partial charge in [0.05, 0.1) is 6.10 Å². The first-order valence-electron chi connectivity index (χ1n) is 9.60. The molecule has 0 bridgehead atoms. The molecule has 0 radical (unpaired) electrons. The molecule has 7 atom stereocenters. The highest BCUT2D eigenvalue weighted by atomic mass is 16.5. The van der Waals surface area contributed by atoms with E-state index in [1.54, 1.807) is 6.42 Å². The third-order valence-electron chi connectivity index (χ3n) is 8.73. The number of methoxy groups -OCH3 is 1. The summed E-state index contributed by atoms with van der Waals surface area (Å²) in [5, 5.41) is 0. The lowest BCUT2D eigenvalue weighted by Gasteiger charge is -2.60. The van der Waals surface area contributed by atoms with Gasteiger partial charge in [0.2, 0.25) is 0 Å². The summed E-state index contributed by atoms with van der Waals surface area (Å²) >= 11 is 0. The van der Waals surface area contributed by atoms with Gasteiger partial charge in [-0.3, -0.25) is 0 Å². The van der Waals surface area contributed by atoms with Crippen molar-refractivity contribution < 1.29 is 4.74 Å². The third-order valence-corrected chi connectivity index (χ3v) is 8.73. The van der Waals surface area contributed by atoms with E-state index in [4.69, 9.17) is 4.74 Å². The summed E-state index contributed by atoms with van der Waals surface area (Å²) in [6.45, 7) is 5.29. The lowest BCUT2D eigenvalue weighted by molar-refractivity contribution is -0.125. The Hall–Kier alpha value is -0.0400. The SMILES string of the molecule is COC1CCC2(C)C3CCC4(C)CCCC4C3CC[C@H]2C1. The highest BCUT2D eigenvalue weighted by Crippen LogP contribution is 2.66. The first kappa shape index (κ1) is 14.5. The molecular formula is C20H34O. The Labute approximate surface area is 131 Å². The van der Waals surface area contributed by atoms with E-state index in [-0.39, 0.29) is 0 Å². The monoisotopic (exact) mass is 290 g/mol. The molecule has 0 aliphatic heterocycles. The first-order valence-corrected chi connectivity index (χ1v) is 9.60. The second kappa shape index (κ2) is 4.98. The van der Waals surface area contributed by atoms with Crippen LogP contribution in [0.3, 0.4) is 0 Å². The van der Waals surface area contributed by atoms with Crippen LogP contribution in [0.15, 0.2) is 0 Å². The van der Waals surface area contributed by atoms with E-state index in [0.717, 1.165) is 23.7 Å². The van der Waals surface area contributed by atoms with Gasteiger partial charge in [0.15, 0.2) is 0 Å². The molecule has 4 rings (SSSR count). The van der Waals surface area contributed by atoms with E-state index in [1.807, 2.05) is 7.11 Å². The molecule has 4 fully saturated rings. The molecule has 21 heavy (non-hydrogen) atoms. The zero-order valence-corrected chi connectivity index (χ0v) is 14.4. The fourth-order valence-electron chi connectivity index (χ4n) is 7.43. The van der Waals surface area contributed by atoms with Crippen LogP contribution in [0.5, 0.6) is 0 Å². The van der Waals surface area contributed by atoms with Crippen molar-refractivity contribution >= 4 is 0 Å². The topological polar surface area (TPSA) is 9.23 Å². The van der Waals surface area contributed by atoms with E-state index in [9.17, 15) is 0 Å². The fraction of sp³-hybridized carbons (Fsp3) is 1.00. The minimum Gasteiger partial charge on any atom is -0.381 e. The Morgan fingerprint density at radius 2 is 1.71 bits per heavy atom. The molecule has 0 N–H and O–H groups in total. The van der Waals surface area contributed by atoms with Crippen molar-refractivity contribution in [2.24, 2.45) is 34.5 Å². The molecule has 0 amide bonds. The van der Waals surface area contributed by atoms with Crippen LogP contribution in [0.25, 0.3) is 0 Å².